The Morgan fingerprint density at radius 3 is 2.49 bits per heavy atom. The average Bonchev–Trinajstić information content (AvgIpc) is 3.58. The second-order valence-electron chi connectivity index (χ2n) is 10.7. The first-order valence-electron chi connectivity index (χ1n) is 12.9. The van der Waals surface area contributed by atoms with Gasteiger partial charge in [-0.1, -0.05) is 31.2 Å². The fourth-order valence-electron chi connectivity index (χ4n) is 5.63. The number of nitrogens with zero attached hydrogens (tertiary/aromatic N) is 4. The van der Waals surface area contributed by atoms with Crippen LogP contribution in [0.25, 0.3) is 33.3 Å². The number of benzene rings is 2. The Balaban J connectivity index is 1.52. The van der Waals surface area contributed by atoms with Crippen LogP contribution in [-0.4, -0.2) is 36.2 Å². The van der Waals surface area contributed by atoms with Crippen molar-refractivity contribution in [3.8, 4) is 28.1 Å². The number of nitrogens with one attached hydrogen (secondary N) is 1. The zero-order valence-corrected chi connectivity index (χ0v) is 22.1. The first-order chi connectivity index (χ1) is 18.6. The van der Waals surface area contributed by atoms with Gasteiger partial charge >= 0.3 is 6.61 Å². The largest absolute Gasteiger partial charge is 0.434 e. The molecule has 1 aliphatic heterocycles. The van der Waals surface area contributed by atoms with E-state index in [-0.39, 0.29) is 17.7 Å². The van der Waals surface area contributed by atoms with Gasteiger partial charge in [-0.15, -0.1) is 0 Å². The average molecular weight is 530 g/mol. The third-order valence-electron chi connectivity index (χ3n) is 7.41. The van der Waals surface area contributed by atoms with Crippen molar-refractivity contribution in [1.82, 2.24) is 24.5 Å². The second kappa shape index (κ2) is 9.27. The number of aromatic nitrogens is 5. The molecule has 5 aromatic rings. The smallest absolute Gasteiger partial charge is 0.387 e. The molecule has 0 saturated heterocycles. The summed E-state index contributed by atoms with van der Waals surface area (Å²) in [5, 5.41) is 11.3. The summed E-state index contributed by atoms with van der Waals surface area (Å²) in [6.07, 6.45) is 5.88. The predicted molar refractivity (Wildman–Crippen MR) is 145 cm³/mol. The maximum Gasteiger partial charge on any atom is 0.387 e. The minimum absolute atomic E-state index is 0.161. The Bertz CT molecular complexity index is 1670. The number of rotatable bonds is 6. The lowest BCUT2D eigenvalue weighted by molar-refractivity contribution is -0.0506. The molecule has 0 saturated carbocycles. The summed E-state index contributed by atoms with van der Waals surface area (Å²) in [5.41, 5.74) is 4.97. The van der Waals surface area contributed by atoms with E-state index in [1.807, 2.05) is 19.1 Å². The number of halogens is 2. The molecule has 2 N–H and O–H groups in total. The van der Waals surface area contributed by atoms with E-state index in [1.54, 1.807) is 44.6 Å². The first-order valence-corrected chi connectivity index (χ1v) is 12.9. The summed E-state index contributed by atoms with van der Waals surface area (Å²) in [4.78, 5) is 16.3. The number of aryl methyl sites for hydroxylation is 1. The number of aliphatic hydroxyl groups is 1. The van der Waals surface area contributed by atoms with E-state index in [0.29, 0.717) is 11.4 Å². The van der Waals surface area contributed by atoms with Gasteiger partial charge in [-0.2, -0.15) is 8.78 Å². The highest BCUT2D eigenvalue weighted by atomic mass is 19.3. The van der Waals surface area contributed by atoms with Gasteiger partial charge in [-0.3, -0.25) is 0 Å². The predicted octanol–water partition coefficient (Wildman–Crippen LogP) is 6.72. The molecule has 4 heterocycles. The second-order valence-corrected chi connectivity index (χ2v) is 10.7. The first kappa shape index (κ1) is 25.2. The summed E-state index contributed by atoms with van der Waals surface area (Å²) in [7, 11) is 0. The van der Waals surface area contributed by atoms with Gasteiger partial charge in [0.05, 0.1) is 17.9 Å². The minimum atomic E-state index is -2.94. The minimum Gasteiger partial charge on any atom is -0.434 e. The number of fused-ring (bicyclic) bond motifs is 3. The standard InChI is InChI=1S/C30H29F2N5O2/c1-16-10-25(27-21(22-15-33-17(2)36-22)6-5-7-26(27)39-29(31)32)37-23(16)12-19-9-8-18(11-24(19)37)20-13-34-28(35-14-20)30(3,4)38/h5-9,11-16,25,29,38H,10H2,1-4H3,(H,33,36). The molecule has 7 nitrogen and oxygen atoms in total. The van der Waals surface area contributed by atoms with E-state index in [2.05, 4.69) is 49.6 Å². The Morgan fingerprint density at radius 2 is 1.82 bits per heavy atom. The quantitative estimate of drug-likeness (QED) is 0.255. The zero-order chi connectivity index (χ0) is 27.5. The van der Waals surface area contributed by atoms with Gasteiger partial charge in [-0.25, -0.2) is 15.0 Å². The number of aromatic amines is 1. The Hall–Kier alpha value is -4.11. The normalized spacial score (nSPS) is 17.2. The molecule has 200 valence electrons. The topological polar surface area (TPSA) is 88.8 Å². The van der Waals surface area contributed by atoms with Crippen molar-refractivity contribution in [2.24, 2.45) is 0 Å². The van der Waals surface area contributed by atoms with Gasteiger partial charge in [0, 0.05) is 40.3 Å². The van der Waals surface area contributed by atoms with Crippen molar-refractivity contribution >= 4 is 10.9 Å². The van der Waals surface area contributed by atoms with Crippen molar-refractivity contribution in [2.75, 3.05) is 0 Å². The number of hydrogen-bond donors (Lipinski definition) is 2. The molecule has 9 heteroatoms. The zero-order valence-electron chi connectivity index (χ0n) is 22.1. The highest BCUT2D eigenvalue weighted by molar-refractivity contribution is 5.87. The Labute approximate surface area is 224 Å². The summed E-state index contributed by atoms with van der Waals surface area (Å²) in [6, 6.07) is 13.4. The van der Waals surface area contributed by atoms with Crippen LogP contribution in [0.2, 0.25) is 0 Å². The van der Waals surface area contributed by atoms with Crippen LogP contribution >= 0.6 is 0 Å². The number of ether oxygens (including phenoxy) is 1. The summed E-state index contributed by atoms with van der Waals surface area (Å²) in [6.45, 7) is 4.37. The highest BCUT2D eigenvalue weighted by Gasteiger charge is 2.35. The van der Waals surface area contributed by atoms with Crippen LogP contribution in [0.3, 0.4) is 0 Å². The van der Waals surface area contributed by atoms with Crippen LogP contribution in [0.5, 0.6) is 5.75 Å². The van der Waals surface area contributed by atoms with Gasteiger partial charge in [0.25, 0.3) is 0 Å². The van der Waals surface area contributed by atoms with Crippen LogP contribution in [0.1, 0.15) is 62.1 Å². The van der Waals surface area contributed by atoms with Gasteiger partial charge in [-0.05, 0) is 62.3 Å². The van der Waals surface area contributed by atoms with Crippen LogP contribution < -0.4 is 4.74 Å². The van der Waals surface area contributed by atoms with Crippen molar-refractivity contribution in [2.45, 2.75) is 58.3 Å². The van der Waals surface area contributed by atoms with Crippen molar-refractivity contribution < 1.29 is 18.6 Å². The van der Waals surface area contributed by atoms with Gasteiger partial charge in [0.15, 0.2) is 5.82 Å². The monoisotopic (exact) mass is 529 g/mol. The molecule has 2 aromatic carbocycles. The summed E-state index contributed by atoms with van der Waals surface area (Å²) >= 11 is 0. The van der Waals surface area contributed by atoms with Crippen LogP contribution in [0.4, 0.5) is 8.78 Å². The molecule has 0 fully saturated rings. The SMILES string of the molecule is Cc1ncc(-c2cccc(OC(F)F)c2C2CC(C)c3cc4ccc(-c5cnc(C(C)(C)O)nc5)cc4n32)[nH]1. The molecular weight excluding hydrogens is 500 g/mol. The number of imidazole rings is 1. The molecule has 0 spiro atoms. The van der Waals surface area contributed by atoms with E-state index < -0.39 is 12.2 Å². The third kappa shape index (κ3) is 4.46. The van der Waals surface area contributed by atoms with Gasteiger partial charge in [0.1, 0.15) is 17.2 Å². The molecule has 2 atom stereocenters. The molecule has 0 bridgehead atoms. The highest BCUT2D eigenvalue weighted by Crippen LogP contribution is 2.49. The van der Waals surface area contributed by atoms with Crippen LogP contribution in [0, 0.1) is 6.92 Å². The fraction of sp³-hybridized carbons (Fsp3) is 0.300. The molecule has 1 aliphatic rings. The molecule has 3 aromatic heterocycles. The van der Waals surface area contributed by atoms with Crippen LogP contribution in [0.15, 0.2) is 61.1 Å². The van der Waals surface area contributed by atoms with E-state index in [0.717, 1.165) is 51.2 Å². The van der Waals surface area contributed by atoms with E-state index in [4.69, 9.17) is 4.74 Å². The van der Waals surface area contributed by atoms with Gasteiger partial charge in [0.2, 0.25) is 0 Å². The Morgan fingerprint density at radius 1 is 1.05 bits per heavy atom. The Kier molecular flexibility index (Phi) is 5.99. The van der Waals surface area contributed by atoms with Crippen molar-refractivity contribution in [3.05, 3.63) is 84.0 Å². The fourth-order valence-corrected chi connectivity index (χ4v) is 5.63. The summed E-state index contributed by atoms with van der Waals surface area (Å²) < 4.78 is 34.4. The number of H-pyrrole nitrogens is 1. The maximum atomic E-state index is 13.6. The molecule has 0 amide bonds. The van der Waals surface area contributed by atoms with E-state index >= 15 is 0 Å². The molecule has 2 unspecified atom stereocenters. The molecule has 0 radical (unpaired) electrons. The van der Waals surface area contributed by atoms with Crippen molar-refractivity contribution in [3.63, 3.8) is 0 Å². The molecule has 0 aliphatic carbocycles. The lowest BCUT2D eigenvalue weighted by Crippen LogP contribution is -2.19. The number of alkyl halides is 2. The lowest BCUT2D eigenvalue weighted by Gasteiger charge is -2.23. The summed E-state index contributed by atoms with van der Waals surface area (Å²) in [5.74, 6) is 1.46. The molecule has 6 rings (SSSR count). The third-order valence-corrected chi connectivity index (χ3v) is 7.41. The number of hydrogen-bond acceptors (Lipinski definition) is 5. The lowest BCUT2D eigenvalue weighted by atomic mass is 9.92. The molecular formula is C30H29F2N5O2. The van der Waals surface area contributed by atoms with E-state index in [1.165, 1.54) is 0 Å². The van der Waals surface area contributed by atoms with Gasteiger partial charge < -0.3 is 19.4 Å². The molecule has 39 heavy (non-hydrogen) atoms. The maximum absolute atomic E-state index is 13.6. The van der Waals surface area contributed by atoms with Crippen molar-refractivity contribution in [1.29, 1.82) is 0 Å². The van der Waals surface area contributed by atoms with E-state index in [9.17, 15) is 13.9 Å². The van der Waals surface area contributed by atoms with Crippen LogP contribution in [-0.2, 0) is 5.60 Å².